The third kappa shape index (κ3) is 4.85. The molecule has 2 N–H and O–H groups in total. The molecule has 0 aliphatic rings. The van der Waals surface area contributed by atoms with Gasteiger partial charge in [0.2, 0.25) is 5.91 Å². The number of aliphatic hydroxyl groups excluding tert-OH is 1. The molecule has 0 aliphatic heterocycles. The minimum Gasteiger partial charge on any atom is -0.391 e. The lowest BCUT2D eigenvalue weighted by atomic mass is 10.0. The second-order valence-electron chi connectivity index (χ2n) is 3.97. The van der Waals surface area contributed by atoms with E-state index in [2.05, 4.69) is 5.32 Å². The second kappa shape index (κ2) is 7.42. The van der Waals surface area contributed by atoms with E-state index in [1.165, 1.54) is 0 Å². The number of nitrogens with one attached hydrogen (secondary N) is 1. The molecule has 1 aromatic heterocycles. The quantitative estimate of drug-likeness (QED) is 0.775. The number of hydrogen-bond donors (Lipinski definition) is 2. The van der Waals surface area contributed by atoms with Crippen molar-refractivity contribution in [1.29, 1.82) is 0 Å². The van der Waals surface area contributed by atoms with Gasteiger partial charge in [0.15, 0.2) is 0 Å². The Morgan fingerprint density at radius 2 is 2.41 bits per heavy atom. The predicted octanol–water partition coefficient (Wildman–Crippen LogP) is 1.37. The summed E-state index contributed by atoms with van der Waals surface area (Å²) >= 11 is 1.58. The fourth-order valence-corrected chi connectivity index (χ4v) is 2.22. The summed E-state index contributed by atoms with van der Waals surface area (Å²) in [4.78, 5) is 11.8. The highest BCUT2D eigenvalue weighted by molar-refractivity contribution is 7.08. The van der Waals surface area contributed by atoms with Gasteiger partial charge in [-0.25, -0.2) is 0 Å². The first kappa shape index (κ1) is 14.2. The van der Waals surface area contributed by atoms with Crippen LogP contribution in [0.25, 0.3) is 0 Å². The van der Waals surface area contributed by atoms with Crippen LogP contribution in [-0.4, -0.2) is 37.4 Å². The van der Waals surface area contributed by atoms with Crippen molar-refractivity contribution in [2.45, 2.75) is 25.4 Å². The second-order valence-corrected chi connectivity index (χ2v) is 4.75. The Hall–Kier alpha value is -0.910. The smallest absolute Gasteiger partial charge is 0.227 e. The summed E-state index contributed by atoms with van der Waals surface area (Å²) in [5.74, 6) is -0.145. The lowest BCUT2D eigenvalue weighted by molar-refractivity contribution is -0.122. The normalized spacial score (nSPS) is 14.3. The molecule has 4 nitrogen and oxygen atoms in total. The van der Waals surface area contributed by atoms with Crippen LogP contribution in [0.1, 0.15) is 24.8 Å². The highest BCUT2D eigenvalue weighted by Crippen LogP contribution is 2.17. The van der Waals surface area contributed by atoms with E-state index < -0.39 is 6.10 Å². The first-order chi connectivity index (χ1) is 8.15. The Morgan fingerprint density at radius 1 is 1.65 bits per heavy atom. The zero-order valence-corrected chi connectivity index (χ0v) is 11.0. The van der Waals surface area contributed by atoms with Crippen molar-refractivity contribution in [1.82, 2.24) is 5.32 Å². The molecule has 1 amide bonds. The maximum Gasteiger partial charge on any atom is 0.227 e. The van der Waals surface area contributed by atoms with Crippen molar-refractivity contribution in [3.63, 3.8) is 0 Å². The van der Waals surface area contributed by atoms with E-state index in [-0.39, 0.29) is 11.8 Å². The molecule has 1 aromatic rings. The van der Waals surface area contributed by atoms with Crippen molar-refractivity contribution in [3.8, 4) is 0 Å². The number of hydrogen-bond acceptors (Lipinski definition) is 4. The molecule has 0 bridgehead atoms. The Morgan fingerprint density at radius 3 is 3.00 bits per heavy atom. The summed E-state index contributed by atoms with van der Waals surface area (Å²) < 4.78 is 4.81. The highest BCUT2D eigenvalue weighted by atomic mass is 32.1. The molecule has 1 heterocycles. The first-order valence-corrected chi connectivity index (χ1v) is 6.56. The number of carbonyl (C=O) groups excluding carboxylic acids is 1. The standard InChI is InChI=1S/C12H19NO3S/c1-9(10-4-6-17-8-10)12(15)13-5-3-11(14)7-16-2/h4,6,8-9,11,14H,3,5,7H2,1-2H3,(H,13,15). The molecule has 0 fully saturated rings. The Kier molecular flexibility index (Phi) is 6.18. The molecule has 2 atom stereocenters. The Labute approximate surface area is 106 Å². The number of thiophene rings is 1. The summed E-state index contributed by atoms with van der Waals surface area (Å²) in [6, 6.07) is 1.95. The van der Waals surface area contributed by atoms with Gasteiger partial charge in [-0.15, -0.1) is 0 Å². The van der Waals surface area contributed by atoms with Gasteiger partial charge in [0.25, 0.3) is 0 Å². The number of carbonyl (C=O) groups is 1. The van der Waals surface area contributed by atoms with Crippen LogP contribution in [0.3, 0.4) is 0 Å². The average molecular weight is 257 g/mol. The van der Waals surface area contributed by atoms with E-state index in [4.69, 9.17) is 4.74 Å². The molecule has 96 valence electrons. The fourth-order valence-electron chi connectivity index (χ4n) is 1.46. The van der Waals surface area contributed by atoms with Crippen LogP contribution in [0.5, 0.6) is 0 Å². The topological polar surface area (TPSA) is 58.6 Å². The Balaban J connectivity index is 2.25. The summed E-state index contributed by atoms with van der Waals surface area (Å²) in [5.41, 5.74) is 1.03. The largest absolute Gasteiger partial charge is 0.391 e. The maximum atomic E-state index is 11.8. The molecular formula is C12H19NO3S. The van der Waals surface area contributed by atoms with E-state index in [0.717, 1.165) is 5.56 Å². The van der Waals surface area contributed by atoms with E-state index in [0.29, 0.717) is 19.6 Å². The van der Waals surface area contributed by atoms with Gasteiger partial charge in [-0.3, -0.25) is 4.79 Å². The molecule has 0 saturated carbocycles. The molecule has 0 aromatic carbocycles. The van der Waals surface area contributed by atoms with Gasteiger partial charge in [-0.05, 0) is 35.7 Å². The molecule has 0 aliphatic carbocycles. The number of aliphatic hydroxyl groups is 1. The minimum atomic E-state index is -0.517. The van der Waals surface area contributed by atoms with E-state index >= 15 is 0 Å². The molecule has 0 spiro atoms. The van der Waals surface area contributed by atoms with Crippen LogP contribution in [0.4, 0.5) is 0 Å². The van der Waals surface area contributed by atoms with Gasteiger partial charge in [0, 0.05) is 13.7 Å². The summed E-state index contributed by atoms with van der Waals surface area (Å²) in [5, 5.41) is 16.2. The minimum absolute atomic E-state index is 0.00647. The van der Waals surface area contributed by atoms with Gasteiger partial charge in [0.05, 0.1) is 18.6 Å². The number of rotatable bonds is 7. The lowest BCUT2D eigenvalue weighted by Gasteiger charge is -2.13. The summed E-state index contributed by atoms with van der Waals surface area (Å²) in [6.45, 7) is 2.65. The predicted molar refractivity (Wildman–Crippen MR) is 68.2 cm³/mol. The molecule has 17 heavy (non-hydrogen) atoms. The molecule has 0 saturated heterocycles. The maximum absolute atomic E-state index is 11.8. The van der Waals surface area contributed by atoms with Gasteiger partial charge >= 0.3 is 0 Å². The van der Waals surface area contributed by atoms with Crippen LogP contribution >= 0.6 is 11.3 Å². The summed E-state index contributed by atoms with van der Waals surface area (Å²) in [7, 11) is 1.54. The molecular weight excluding hydrogens is 238 g/mol. The van der Waals surface area contributed by atoms with E-state index in [9.17, 15) is 9.90 Å². The van der Waals surface area contributed by atoms with Gasteiger partial charge in [-0.2, -0.15) is 11.3 Å². The van der Waals surface area contributed by atoms with Crippen molar-refractivity contribution < 1.29 is 14.6 Å². The third-order valence-electron chi connectivity index (χ3n) is 2.57. The van der Waals surface area contributed by atoms with Crippen molar-refractivity contribution in [2.24, 2.45) is 0 Å². The summed E-state index contributed by atoms with van der Waals surface area (Å²) in [6.07, 6.45) is -0.00704. The van der Waals surface area contributed by atoms with Gasteiger partial charge < -0.3 is 15.2 Å². The van der Waals surface area contributed by atoms with Crippen LogP contribution in [0.2, 0.25) is 0 Å². The van der Waals surface area contributed by atoms with Crippen LogP contribution < -0.4 is 5.32 Å². The van der Waals surface area contributed by atoms with Crippen molar-refractivity contribution >= 4 is 17.2 Å². The van der Waals surface area contributed by atoms with Crippen LogP contribution in [0, 0.1) is 0 Å². The monoisotopic (exact) mass is 257 g/mol. The number of amides is 1. The van der Waals surface area contributed by atoms with E-state index in [1.807, 2.05) is 23.8 Å². The van der Waals surface area contributed by atoms with E-state index in [1.54, 1.807) is 18.4 Å². The fraction of sp³-hybridized carbons (Fsp3) is 0.583. The molecule has 1 rings (SSSR count). The lowest BCUT2D eigenvalue weighted by Crippen LogP contribution is -2.31. The zero-order valence-electron chi connectivity index (χ0n) is 10.2. The third-order valence-corrected chi connectivity index (χ3v) is 3.27. The Bertz CT molecular complexity index is 327. The van der Waals surface area contributed by atoms with Crippen LogP contribution in [0.15, 0.2) is 16.8 Å². The van der Waals surface area contributed by atoms with Crippen molar-refractivity contribution in [3.05, 3.63) is 22.4 Å². The molecule has 2 unspecified atom stereocenters. The zero-order chi connectivity index (χ0) is 12.7. The number of methoxy groups -OCH3 is 1. The van der Waals surface area contributed by atoms with Gasteiger partial charge in [-0.1, -0.05) is 0 Å². The molecule has 5 heteroatoms. The van der Waals surface area contributed by atoms with Crippen molar-refractivity contribution in [2.75, 3.05) is 20.3 Å². The van der Waals surface area contributed by atoms with Crippen LogP contribution in [-0.2, 0) is 9.53 Å². The number of ether oxygens (including phenoxy) is 1. The highest BCUT2D eigenvalue weighted by Gasteiger charge is 2.15. The van der Waals surface area contributed by atoms with Gasteiger partial charge in [0.1, 0.15) is 0 Å². The first-order valence-electron chi connectivity index (χ1n) is 5.62. The molecule has 0 radical (unpaired) electrons. The SMILES string of the molecule is COCC(O)CCNC(=O)C(C)c1ccsc1. The average Bonchev–Trinajstić information content (AvgIpc) is 2.81.